The molecule has 0 aliphatic carbocycles. The van der Waals surface area contributed by atoms with E-state index >= 15 is 0 Å². The number of Topliss-reactive ketones (excluding diaryl/α,β-unsaturated/α-hetero) is 2. The molecule has 2 heterocycles. The quantitative estimate of drug-likeness (QED) is 0.129. The maximum atomic E-state index is 12.6. The van der Waals surface area contributed by atoms with Crippen molar-refractivity contribution in [2.24, 2.45) is 0 Å². The van der Waals surface area contributed by atoms with Gasteiger partial charge in [0.1, 0.15) is 34.2 Å². The summed E-state index contributed by atoms with van der Waals surface area (Å²) in [7, 11) is -4.53. The summed E-state index contributed by atoms with van der Waals surface area (Å²) in [5.74, 6) is 1.85. The Morgan fingerprint density at radius 2 is 1.08 bits per heavy atom. The Hall–Kier alpha value is -5.12. The number of rotatable bonds is 10. The van der Waals surface area contributed by atoms with Crippen LogP contribution < -0.4 is 18.9 Å². The van der Waals surface area contributed by atoms with Gasteiger partial charge in [-0.3, -0.25) is 19.0 Å². The van der Waals surface area contributed by atoms with Crippen molar-refractivity contribution in [2.75, 3.05) is 23.7 Å². The van der Waals surface area contributed by atoms with Crippen molar-refractivity contribution in [2.45, 2.75) is 37.5 Å². The number of furan rings is 2. The fourth-order valence-electron chi connectivity index (χ4n) is 5.43. The minimum absolute atomic E-state index is 0.102. The first-order valence-corrected chi connectivity index (χ1v) is 18.9. The number of carbonyl (C=O) groups excluding carboxylic acids is 2. The molecule has 0 saturated carbocycles. The number of hydrogen-bond donors (Lipinski definition) is 2. The van der Waals surface area contributed by atoms with Gasteiger partial charge in [-0.2, -0.15) is 0 Å². The van der Waals surface area contributed by atoms with Crippen LogP contribution in [0.1, 0.15) is 46.1 Å². The van der Waals surface area contributed by atoms with E-state index in [0.29, 0.717) is 71.9 Å². The second kappa shape index (κ2) is 14.6. The molecule has 0 aliphatic rings. The summed E-state index contributed by atoms with van der Waals surface area (Å²) in [6.45, 7) is 6.30. The maximum Gasteiger partial charge on any atom is 0.261 e. The number of fused-ring (bicyclic) bond motifs is 2. The summed E-state index contributed by atoms with van der Waals surface area (Å²) in [5, 5.41) is 1.14. The molecule has 0 aliphatic heterocycles. The average Bonchev–Trinajstić information content (AvgIpc) is 3.60. The average molecular weight is 798 g/mol. The van der Waals surface area contributed by atoms with Crippen molar-refractivity contribution >= 4 is 80.9 Å². The van der Waals surface area contributed by atoms with E-state index in [1.54, 1.807) is 68.4 Å². The number of anilines is 2. The van der Waals surface area contributed by atoms with Crippen LogP contribution in [0, 0.1) is 13.8 Å². The molecule has 2 aromatic heterocycles. The Morgan fingerprint density at radius 3 is 1.57 bits per heavy atom. The van der Waals surface area contributed by atoms with E-state index in [0.717, 1.165) is 0 Å². The number of halogens is 1. The number of ketones is 2. The van der Waals surface area contributed by atoms with Gasteiger partial charge >= 0.3 is 0 Å². The molecule has 51 heavy (non-hydrogen) atoms. The van der Waals surface area contributed by atoms with Crippen molar-refractivity contribution in [3.63, 3.8) is 0 Å². The van der Waals surface area contributed by atoms with Gasteiger partial charge in [-0.15, -0.1) is 0 Å². The van der Waals surface area contributed by atoms with Crippen LogP contribution in [-0.4, -0.2) is 42.6 Å². The maximum absolute atomic E-state index is 12.6. The molecule has 0 amide bonds. The highest BCUT2D eigenvalue weighted by molar-refractivity contribution is 9.10. The molecule has 0 unspecified atom stereocenters. The third-order valence-corrected chi connectivity index (χ3v) is 11.1. The molecule has 4 aromatic carbocycles. The predicted molar refractivity (Wildman–Crippen MR) is 197 cm³/mol. The SMILES string of the molecule is COc1ccc(S(=O)(=O)Nc2cc(Br)c3oc(C)c(C(C)=O)c3c2)cc1.COc1ccc(S(=O)(=O)Nc2ccc3oc(C)c(C(C)=O)c3c2)cc1. The largest absolute Gasteiger partial charge is 0.497 e. The Balaban J connectivity index is 0.000000198. The second-order valence-electron chi connectivity index (χ2n) is 11.3. The summed E-state index contributed by atoms with van der Waals surface area (Å²) in [4.78, 5) is 23.9. The molecule has 6 rings (SSSR count). The highest BCUT2D eigenvalue weighted by Gasteiger charge is 2.21. The lowest BCUT2D eigenvalue weighted by Gasteiger charge is -2.09. The molecule has 15 heteroatoms. The van der Waals surface area contributed by atoms with Gasteiger partial charge in [0.2, 0.25) is 0 Å². The lowest BCUT2D eigenvalue weighted by Crippen LogP contribution is -2.13. The van der Waals surface area contributed by atoms with E-state index in [1.807, 2.05) is 0 Å². The van der Waals surface area contributed by atoms with E-state index in [4.69, 9.17) is 18.3 Å². The summed E-state index contributed by atoms with van der Waals surface area (Å²) in [6.07, 6.45) is 0. The first-order chi connectivity index (χ1) is 24.0. The van der Waals surface area contributed by atoms with Crippen LogP contribution in [0.4, 0.5) is 11.4 Å². The van der Waals surface area contributed by atoms with E-state index < -0.39 is 20.0 Å². The number of methoxy groups -OCH3 is 2. The van der Waals surface area contributed by atoms with Crippen molar-refractivity contribution in [1.82, 2.24) is 0 Å². The van der Waals surface area contributed by atoms with E-state index in [9.17, 15) is 26.4 Å². The molecular formula is C36H33BrN2O10S2. The summed E-state index contributed by atoms with van der Waals surface area (Å²) < 4.78 is 77.1. The number of benzene rings is 4. The zero-order chi connectivity index (χ0) is 37.2. The lowest BCUT2D eigenvalue weighted by molar-refractivity contribution is 0.100. The molecule has 266 valence electrons. The Morgan fingerprint density at radius 1 is 0.627 bits per heavy atom. The number of ether oxygens (including phenoxy) is 2. The van der Waals surface area contributed by atoms with Crippen LogP contribution in [-0.2, 0) is 20.0 Å². The van der Waals surface area contributed by atoms with Crippen molar-refractivity contribution < 1.29 is 44.7 Å². The number of aryl methyl sites for hydroxylation is 2. The van der Waals surface area contributed by atoms with Gasteiger partial charge in [0.15, 0.2) is 11.6 Å². The highest BCUT2D eigenvalue weighted by atomic mass is 79.9. The first kappa shape index (κ1) is 37.1. The van der Waals surface area contributed by atoms with Crippen molar-refractivity contribution in [3.8, 4) is 11.5 Å². The minimum atomic E-state index is -3.79. The third-order valence-electron chi connectivity index (χ3n) is 7.73. The third kappa shape index (κ3) is 7.95. The molecule has 0 fully saturated rings. The topological polar surface area (TPSA) is 171 Å². The van der Waals surface area contributed by atoms with E-state index in [1.165, 1.54) is 52.3 Å². The predicted octanol–water partition coefficient (Wildman–Crippen LogP) is 8.27. The van der Waals surface area contributed by atoms with Gasteiger partial charge in [-0.05, 0) is 122 Å². The van der Waals surface area contributed by atoms with Gasteiger partial charge in [0.05, 0.1) is 45.3 Å². The molecule has 2 N–H and O–H groups in total. The zero-order valence-electron chi connectivity index (χ0n) is 28.3. The highest BCUT2D eigenvalue weighted by Crippen LogP contribution is 2.35. The zero-order valence-corrected chi connectivity index (χ0v) is 31.5. The number of carbonyl (C=O) groups is 2. The van der Waals surface area contributed by atoms with Crippen molar-refractivity contribution in [1.29, 1.82) is 0 Å². The van der Waals surface area contributed by atoms with Gasteiger partial charge < -0.3 is 18.3 Å². The number of sulfonamides is 2. The molecule has 12 nitrogen and oxygen atoms in total. The van der Waals surface area contributed by atoms with Crippen LogP contribution in [0.3, 0.4) is 0 Å². The Labute approximate surface area is 303 Å². The fourth-order valence-corrected chi connectivity index (χ4v) is 8.06. The molecule has 0 spiro atoms. The Bertz CT molecular complexity index is 2500. The van der Waals surface area contributed by atoms with Crippen LogP contribution in [0.25, 0.3) is 21.9 Å². The number of nitrogens with one attached hydrogen (secondary N) is 2. The number of hydrogen-bond acceptors (Lipinski definition) is 10. The molecule has 0 radical (unpaired) electrons. The summed E-state index contributed by atoms with van der Waals surface area (Å²) in [5.41, 5.74) is 2.61. The van der Waals surface area contributed by atoms with E-state index in [-0.39, 0.29) is 21.4 Å². The van der Waals surface area contributed by atoms with Crippen LogP contribution in [0.15, 0.2) is 102 Å². The molecule has 0 bridgehead atoms. The second-order valence-corrected chi connectivity index (χ2v) is 15.5. The summed E-state index contributed by atoms with van der Waals surface area (Å²) >= 11 is 3.37. The van der Waals surface area contributed by atoms with E-state index in [2.05, 4.69) is 25.4 Å². The minimum Gasteiger partial charge on any atom is -0.497 e. The first-order valence-electron chi connectivity index (χ1n) is 15.2. The van der Waals surface area contributed by atoms with Gasteiger partial charge in [-0.25, -0.2) is 16.8 Å². The van der Waals surface area contributed by atoms with Crippen LogP contribution >= 0.6 is 15.9 Å². The normalized spacial score (nSPS) is 11.5. The molecular weight excluding hydrogens is 764 g/mol. The monoisotopic (exact) mass is 796 g/mol. The summed E-state index contributed by atoms with van der Waals surface area (Å²) in [6, 6.07) is 20.1. The molecule has 0 atom stereocenters. The molecule has 6 aromatic rings. The van der Waals surface area contributed by atoms with Gasteiger partial charge in [0.25, 0.3) is 20.0 Å². The smallest absolute Gasteiger partial charge is 0.261 e. The van der Waals surface area contributed by atoms with Crippen molar-refractivity contribution in [3.05, 3.63) is 106 Å². The van der Waals surface area contributed by atoms with Gasteiger partial charge in [-0.1, -0.05) is 0 Å². The standard InChI is InChI=1S/C18H16BrNO5S.C18H17NO5S/c1-10(21)17-11(2)25-18-15(17)8-12(9-16(18)19)20-26(22,23)14-6-4-13(24-3)5-7-14;1-11(20)18-12(2)24-17-9-4-13(10-16(17)18)19-25(21,22)15-7-5-14(23-3)6-8-15/h4-9,20H,1-3H3;4-10,19H,1-3H3. The van der Waals surface area contributed by atoms with Gasteiger partial charge in [0, 0.05) is 16.5 Å². The van der Waals surface area contributed by atoms with Crippen LogP contribution in [0.2, 0.25) is 0 Å². The Kier molecular flexibility index (Phi) is 10.6. The lowest BCUT2D eigenvalue weighted by atomic mass is 10.1. The molecule has 0 saturated heterocycles. The fraction of sp³-hybridized carbons (Fsp3) is 0.167. The van der Waals surface area contributed by atoms with Crippen LogP contribution in [0.5, 0.6) is 11.5 Å².